The van der Waals surface area contributed by atoms with Crippen LogP contribution in [0.2, 0.25) is 0 Å². The second-order valence-electron chi connectivity index (χ2n) is 6.07. The molecule has 0 heterocycles. The summed E-state index contributed by atoms with van der Waals surface area (Å²) < 4.78 is 0. The molecule has 3 rings (SSSR count). The molecule has 3 unspecified atom stereocenters. The Bertz CT molecular complexity index is 567. The van der Waals surface area contributed by atoms with E-state index < -0.39 is 5.97 Å². The van der Waals surface area contributed by atoms with Gasteiger partial charge < -0.3 is 10.4 Å². The fourth-order valence-electron chi connectivity index (χ4n) is 3.79. The van der Waals surface area contributed by atoms with E-state index in [1.54, 1.807) is 6.07 Å². The molecule has 2 fully saturated rings. The number of anilines is 1. The molecule has 2 bridgehead atoms. The molecule has 2 N–H and O–H groups in total. The maximum Gasteiger partial charge on any atom is 0.337 e. The minimum Gasteiger partial charge on any atom is -0.478 e. The second kappa shape index (κ2) is 4.93. The van der Waals surface area contributed by atoms with Crippen LogP contribution in [-0.2, 0) is 4.79 Å². The fraction of sp³-hybridized carbons (Fsp3) is 0.500. The van der Waals surface area contributed by atoms with Gasteiger partial charge in [0, 0.05) is 5.92 Å². The lowest BCUT2D eigenvalue weighted by atomic mass is 9.88. The highest BCUT2D eigenvalue weighted by Crippen LogP contribution is 2.48. The molecule has 4 nitrogen and oxygen atoms in total. The average molecular weight is 273 g/mol. The lowest BCUT2D eigenvalue weighted by Crippen LogP contribution is -2.28. The van der Waals surface area contributed by atoms with Gasteiger partial charge in [-0.3, -0.25) is 4.79 Å². The summed E-state index contributed by atoms with van der Waals surface area (Å²) in [5.74, 6) is 0.254. The van der Waals surface area contributed by atoms with Crippen molar-refractivity contribution in [3.8, 4) is 0 Å². The van der Waals surface area contributed by atoms with Crippen molar-refractivity contribution in [2.24, 2.45) is 17.8 Å². The molecule has 0 radical (unpaired) electrons. The second-order valence-corrected chi connectivity index (χ2v) is 6.07. The number of hydrogen-bond acceptors (Lipinski definition) is 2. The molecule has 1 amide bonds. The summed E-state index contributed by atoms with van der Waals surface area (Å²) >= 11 is 0. The number of fused-ring (bicyclic) bond motifs is 2. The zero-order chi connectivity index (χ0) is 14.3. The van der Waals surface area contributed by atoms with Crippen molar-refractivity contribution in [2.75, 3.05) is 5.32 Å². The highest BCUT2D eigenvalue weighted by atomic mass is 16.4. The number of carbonyl (C=O) groups is 2. The normalized spacial score (nSPS) is 27.6. The summed E-state index contributed by atoms with van der Waals surface area (Å²) in [6.45, 7) is 1.82. The summed E-state index contributed by atoms with van der Waals surface area (Å²) in [5, 5.41) is 12.1. The van der Waals surface area contributed by atoms with Crippen LogP contribution in [0.3, 0.4) is 0 Å². The number of para-hydroxylation sites is 1. The van der Waals surface area contributed by atoms with E-state index in [9.17, 15) is 14.7 Å². The zero-order valence-corrected chi connectivity index (χ0v) is 11.6. The van der Waals surface area contributed by atoms with Gasteiger partial charge in [0.2, 0.25) is 5.91 Å². The maximum absolute atomic E-state index is 12.4. The first-order valence-electron chi connectivity index (χ1n) is 7.20. The summed E-state index contributed by atoms with van der Waals surface area (Å²) in [4.78, 5) is 23.7. The van der Waals surface area contributed by atoms with Crippen molar-refractivity contribution in [3.63, 3.8) is 0 Å². The Kier molecular flexibility index (Phi) is 3.24. The molecule has 0 spiro atoms. The molecular formula is C16H19NO3. The third kappa shape index (κ3) is 2.19. The first-order chi connectivity index (χ1) is 9.56. The van der Waals surface area contributed by atoms with E-state index in [0.717, 1.165) is 24.8 Å². The van der Waals surface area contributed by atoms with E-state index in [0.29, 0.717) is 17.5 Å². The monoisotopic (exact) mass is 273 g/mol. The summed E-state index contributed by atoms with van der Waals surface area (Å²) in [5.41, 5.74) is 1.41. The third-order valence-corrected chi connectivity index (χ3v) is 4.83. The Hall–Kier alpha value is -1.84. The van der Waals surface area contributed by atoms with Crippen LogP contribution in [0.4, 0.5) is 5.69 Å². The maximum atomic E-state index is 12.4. The van der Waals surface area contributed by atoms with Gasteiger partial charge in [0.1, 0.15) is 0 Å². The number of carbonyl (C=O) groups excluding carboxylic acids is 1. The number of aromatic carboxylic acids is 1. The van der Waals surface area contributed by atoms with Crippen LogP contribution < -0.4 is 5.32 Å². The van der Waals surface area contributed by atoms with E-state index in [-0.39, 0.29) is 17.4 Å². The van der Waals surface area contributed by atoms with Crippen LogP contribution in [0.15, 0.2) is 18.2 Å². The molecule has 106 valence electrons. The van der Waals surface area contributed by atoms with Gasteiger partial charge in [-0.05, 0) is 49.7 Å². The van der Waals surface area contributed by atoms with Gasteiger partial charge in [-0.2, -0.15) is 0 Å². The average Bonchev–Trinajstić information content (AvgIpc) is 3.03. The van der Waals surface area contributed by atoms with Crippen LogP contribution in [0.5, 0.6) is 0 Å². The van der Waals surface area contributed by atoms with Crippen LogP contribution in [-0.4, -0.2) is 17.0 Å². The molecule has 2 aliphatic carbocycles. The van der Waals surface area contributed by atoms with Crippen molar-refractivity contribution in [2.45, 2.75) is 32.6 Å². The molecule has 1 aromatic rings. The molecule has 2 saturated carbocycles. The number of benzene rings is 1. The van der Waals surface area contributed by atoms with Gasteiger partial charge in [-0.25, -0.2) is 4.79 Å². The first kappa shape index (κ1) is 13.2. The number of hydrogen-bond donors (Lipinski definition) is 2. The third-order valence-electron chi connectivity index (χ3n) is 4.83. The van der Waals surface area contributed by atoms with Crippen LogP contribution in [0.1, 0.15) is 41.6 Å². The van der Waals surface area contributed by atoms with Gasteiger partial charge >= 0.3 is 5.97 Å². The van der Waals surface area contributed by atoms with Crippen LogP contribution >= 0.6 is 0 Å². The number of aryl methyl sites for hydroxylation is 1. The lowest BCUT2D eigenvalue weighted by Gasteiger charge is -2.22. The van der Waals surface area contributed by atoms with Crippen molar-refractivity contribution >= 4 is 17.6 Å². The standard InChI is InChI=1S/C16H19NO3/c1-9-3-2-4-12(16(19)20)14(9)17-15(18)13-8-10-5-6-11(13)7-10/h2-4,10-11,13H,5-8H2,1H3,(H,17,18)(H,19,20). The van der Waals surface area contributed by atoms with E-state index in [1.807, 2.05) is 13.0 Å². The quantitative estimate of drug-likeness (QED) is 0.889. The Morgan fingerprint density at radius 2 is 2.05 bits per heavy atom. The highest BCUT2D eigenvalue weighted by molar-refractivity contribution is 6.02. The van der Waals surface area contributed by atoms with Gasteiger partial charge in [0.05, 0.1) is 11.3 Å². The van der Waals surface area contributed by atoms with E-state index in [1.165, 1.54) is 12.5 Å². The van der Waals surface area contributed by atoms with Crippen molar-refractivity contribution in [3.05, 3.63) is 29.3 Å². The predicted octanol–water partition coefficient (Wildman–Crippen LogP) is 3.07. The predicted molar refractivity (Wildman–Crippen MR) is 75.7 cm³/mol. The number of amides is 1. The highest BCUT2D eigenvalue weighted by Gasteiger charge is 2.43. The SMILES string of the molecule is Cc1cccc(C(=O)O)c1NC(=O)C1CC2CCC1C2. The molecule has 20 heavy (non-hydrogen) atoms. The number of carboxylic acid groups (broad SMARTS) is 1. The van der Waals surface area contributed by atoms with Crippen molar-refractivity contribution < 1.29 is 14.7 Å². The molecule has 4 heteroatoms. The van der Waals surface area contributed by atoms with Gasteiger partial charge in [-0.1, -0.05) is 18.6 Å². The topological polar surface area (TPSA) is 66.4 Å². The van der Waals surface area contributed by atoms with E-state index in [2.05, 4.69) is 5.32 Å². The molecule has 1 aromatic carbocycles. The van der Waals surface area contributed by atoms with E-state index >= 15 is 0 Å². The van der Waals surface area contributed by atoms with Crippen molar-refractivity contribution in [1.29, 1.82) is 0 Å². The minimum absolute atomic E-state index is 0.00556. The zero-order valence-electron chi connectivity index (χ0n) is 11.6. The molecule has 0 aromatic heterocycles. The van der Waals surface area contributed by atoms with Crippen LogP contribution in [0.25, 0.3) is 0 Å². The molecule has 0 saturated heterocycles. The number of rotatable bonds is 3. The molecule has 3 atom stereocenters. The Morgan fingerprint density at radius 3 is 2.65 bits per heavy atom. The van der Waals surface area contributed by atoms with Gasteiger partial charge in [-0.15, -0.1) is 0 Å². The van der Waals surface area contributed by atoms with E-state index in [4.69, 9.17) is 0 Å². The van der Waals surface area contributed by atoms with Gasteiger partial charge in [0.25, 0.3) is 0 Å². The molecule has 0 aliphatic heterocycles. The lowest BCUT2D eigenvalue weighted by molar-refractivity contribution is -0.121. The number of carboxylic acids is 1. The molecule has 2 aliphatic rings. The number of nitrogens with one attached hydrogen (secondary N) is 1. The summed E-state index contributed by atoms with van der Waals surface area (Å²) in [7, 11) is 0. The first-order valence-corrected chi connectivity index (χ1v) is 7.20. The Balaban J connectivity index is 1.81. The minimum atomic E-state index is -1.00. The van der Waals surface area contributed by atoms with Crippen LogP contribution in [0, 0.1) is 24.7 Å². The Morgan fingerprint density at radius 1 is 1.25 bits per heavy atom. The largest absolute Gasteiger partial charge is 0.478 e. The molecular weight excluding hydrogens is 254 g/mol. The fourth-order valence-corrected chi connectivity index (χ4v) is 3.79. The van der Waals surface area contributed by atoms with Crippen molar-refractivity contribution in [1.82, 2.24) is 0 Å². The Labute approximate surface area is 118 Å². The smallest absolute Gasteiger partial charge is 0.337 e. The summed E-state index contributed by atoms with van der Waals surface area (Å²) in [6, 6.07) is 5.06. The van der Waals surface area contributed by atoms with Gasteiger partial charge in [0.15, 0.2) is 0 Å². The summed E-state index contributed by atoms with van der Waals surface area (Å²) in [6.07, 6.45) is 4.52.